The van der Waals surface area contributed by atoms with E-state index in [9.17, 15) is 13.2 Å². The van der Waals surface area contributed by atoms with Gasteiger partial charge in [0.2, 0.25) is 5.71 Å². The zero-order chi connectivity index (χ0) is 22.6. The molecule has 3 heterocycles. The maximum Gasteiger partial charge on any atom is 0.389 e. The van der Waals surface area contributed by atoms with Crippen molar-refractivity contribution < 1.29 is 17.6 Å². The summed E-state index contributed by atoms with van der Waals surface area (Å²) in [5.41, 5.74) is 7.09. The third kappa shape index (κ3) is 3.53. The summed E-state index contributed by atoms with van der Waals surface area (Å²) in [7, 11) is 1.98. The summed E-state index contributed by atoms with van der Waals surface area (Å²) in [4.78, 5) is 6.61. The Morgan fingerprint density at radius 2 is 1.84 bits per heavy atom. The van der Waals surface area contributed by atoms with Crippen LogP contribution in [0.1, 0.15) is 29.7 Å². The van der Waals surface area contributed by atoms with Gasteiger partial charge in [0, 0.05) is 47.6 Å². The minimum atomic E-state index is -4.15. The molecule has 0 radical (unpaired) electrons. The Balaban J connectivity index is 1.65. The molecule has 32 heavy (non-hydrogen) atoms. The predicted octanol–water partition coefficient (Wildman–Crippen LogP) is 7.22. The van der Waals surface area contributed by atoms with Gasteiger partial charge in [-0.3, -0.25) is 0 Å². The smallest absolute Gasteiger partial charge is 0.389 e. The van der Waals surface area contributed by atoms with Crippen molar-refractivity contribution in [3.8, 4) is 0 Å². The molecule has 0 fully saturated rings. The Morgan fingerprint density at radius 3 is 2.62 bits per heavy atom. The summed E-state index contributed by atoms with van der Waals surface area (Å²) in [6.07, 6.45) is 4.72. The third-order valence-electron chi connectivity index (χ3n) is 6.16. The number of alkyl halides is 3. The number of aromatic nitrogens is 1. The topological polar surface area (TPSA) is 29.3 Å². The van der Waals surface area contributed by atoms with E-state index in [0.717, 1.165) is 44.4 Å². The SMILES string of the molecule is Cc1ccc2c(n1)oc1c(C3=C4C=CC(CCC(F)(F)F)=CC4C=CN3C)c(C)ccc12. The second-order valence-corrected chi connectivity index (χ2v) is 8.51. The van der Waals surface area contributed by atoms with Gasteiger partial charge in [-0.1, -0.05) is 42.0 Å². The highest BCUT2D eigenvalue weighted by Gasteiger charge is 2.29. The maximum absolute atomic E-state index is 12.7. The lowest BCUT2D eigenvalue weighted by Crippen LogP contribution is -2.20. The van der Waals surface area contributed by atoms with Gasteiger partial charge in [-0.05, 0) is 43.5 Å². The second-order valence-electron chi connectivity index (χ2n) is 8.51. The van der Waals surface area contributed by atoms with E-state index in [1.165, 1.54) is 0 Å². The Bertz CT molecular complexity index is 1350. The van der Waals surface area contributed by atoms with Crippen LogP contribution < -0.4 is 0 Å². The molecule has 164 valence electrons. The summed E-state index contributed by atoms with van der Waals surface area (Å²) >= 11 is 0. The fourth-order valence-corrected chi connectivity index (χ4v) is 4.56. The lowest BCUT2D eigenvalue weighted by Gasteiger charge is -2.31. The number of furan rings is 1. The van der Waals surface area contributed by atoms with Crippen LogP contribution in [0.3, 0.4) is 0 Å². The molecule has 0 amide bonds. The molecule has 1 unspecified atom stereocenters. The molecule has 2 aliphatic rings. The highest BCUT2D eigenvalue weighted by atomic mass is 19.4. The molecule has 0 bridgehead atoms. The average Bonchev–Trinajstić information content (AvgIpc) is 3.10. The van der Waals surface area contributed by atoms with Crippen molar-refractivity contribution in [2.24, 2.45) is 5.92 Å². The van der Waals surface area contributed by atoms with E-state index in [1.54, 1.807) is 0 Å². The fraction of sp³-hybridized carbons (Fsp3) is 0.269. The second kappa shape index (κ2) is 7.40. The molecule has 0 saturated carbocycles. The number of aryl methyl sites for hydroxylation is 2. The van der Waals surface area contributed by atoms with Crippen molar-refractivity contribution >= 4 is 27.8 Å². The van der Waals surface area contributed by atoms with Crippen LogP contribution >= 0.6 is 0 Å². The maximum atomic E-state index is 12.7. The van der Waals surface area contributed by atoms with Gasteiger partial charge in [0.05, 0.1) is 5.70 Å². The molecule has 5 rings (SSSR count). The van der Waals surface area contributed by atoms with E-state index in [-0.39, 0.29) is 12.3 Å². The molecule has 2 aromatic heterocycles. The first kappa shape index (κ1) is 20.6. The lowest BCUT2D eigenvalue weighted by molar-refractivity contribution is -0.133. The first-order valence-electron chi connectivity index (χ1n) is 10.6. The van der Waals surface area contributed by atoms with Crippen LogP contribution in [0.15, 0.2) is 70.3 Å². The summed E-state index contributed by atoms with van der Waals surface area (Å²) < 4.78 is 44.3. The monoisotopic (exact) mass is 436 g/mol. The fourth-order valence-electron chi connectivity index (χ4n) is 4.56. The van der Waals surface area contributed by atoms with Crippen molar-refractivity contribution in [2.75, 3.05) is 7.05 Å². The number of nitrogens with zero attached hydrogens (tertiary/aromatic N) is 2. The van der Waals surface area contributed by atoms with Crippen molar-refractivity contribution in [1.82, 2.24) is 9.88 Å². The first-order valence-corrected chi connectivity index (χ1v) is 10.6. The normalized spacial score (nSPS) is 18.6. The van der Waals surface area contributed by atoms with E-state index in [1.807, 2.05) is 63.5 Å². The summed E-state index contributed by atoms with van der Waals surface area (Å²) in [5.74, 6) is -0.0752. The van der Waals surface area contributed by atoms with Gasteiger partial charge < -0.3 is 9.32 Å². The standard InChI is InChI=1S/C26H23F3N2O/c1-15-4-7-20-21-8-5-16(2)30-25(21)32-24(20)22(15)23-19-9-6-17(10-12-26(27,28)29)14-18(19)11-13-31(23)3/h4-9,11,13-14,18H,10,12H2,1-3H3. The Kier molecular flexibility index (Phi) is 4.77. The Hall–Kier alpha value is -3.28. The predicted molar refractivity (Wildman–Crippen MR) is 121 cm³/mol. The number of hydrogen-bond donors (Lipinski definition) is 0. The number of allylic oxidation sites excluding steroid dienone is 6. The lowest BCUT2D eigenvalue weighted by atomic mass is 9.84. The molecule has 1 atom stereocenters. The van der Waals surface area contributed by atoms with Crippen LogP contribution in [0, 0.1) is 19.8 Å². The zero-order valence-corrected chi connectivity index (χ0v) is 18.1. The van der Waals surface area contributed by atoms with Crippen molar-refractivity contribution in [1.29, 1.82) is 0 Å². The first-order chi connectivity index (χ1) is 15.2. The molecule has 3 aromatic rings. The molecule has 1 aliphatic heterocycles. The zero-order valence-electron chi connectivity index (χ0n) is 18.1. The van der Waals surface area contributed by atoms with E-state index < -0.39 is 12.6 Å². The van der Waals surface area contributed by atoms with Crippen molar-refractivity contribution in [3.63, 3.8) is 0 Å². The van der Waals surface area contributed by atoms with Crippen LogP contribution in [0.2, 0.25) is 0 Å². The molecule has 1 aliphatic carbocycles. The number of rotatable bonds is 3. The molecule has 1 aromatic carbocycles. The van der Waals surface area contributed by atoms with Gasteiger partial charge in [-0.2, -0.15) is 13.2 Å². The highest BCUT2D eigenvalue weighted by molar-refractivity contribution is 6.08. The van der Waals surface area contributed by atoms with Crippen LogP contribution in [-0.2, 0) is 0 Å². The minimum Gasteiger partial charge on any atom is -0.437 e. The van der Waals surface area contributed by atoms with Crippen LogP contribution in [0.25, 0.3) is 27.8 Å². The molecule has 6 heteroatoms. The van der Waals surface area contributed by atoms with E-state index in [2.05, 4.69) is 22.0 Å². The average molecular weight is 436 g/mol. The number of fused-ring (bicyclic) bond motifs is 4. The Labute approximate surface area is 184 Å². The highest BCUT2D eigenvalue weighted by Crippen LogP contribution is 2.42. The van der Waals surface area contributed by atoms with Gasteiger partial charge in [0.15, 0.2) is 0 Å². The number of pyridine rings is 1. The minimum absolute atomic E-state index is 0.00794. The Morgan fingerprint density at radius 1 is 1.06 bits per heavy atom. The quantitative estimate of drug-likeness (QED) is 0.434. The summed E-state index contributed by atoms with van der Waals surface area (Å²) in [6.45, 7) is 3.98. The van der Waals surface area contributed by atoms with Gasteiger partial charge in [-0.15, -0.1) is 0 Å². The summed E-state index contributed by atoms with van der Waals surface area (Å²) in [5, 5.41) is 1.97. The van der Waals surface area contributed by atoms with Gasteiger partial charge in [-0.25, -0.2) is 4.98 Å². The van der Waals surface area contributed by atoms with Crippen molar-refractivity contribution in [3.05, 3.63) is 82.7 Å². The van der Waals surface area contributed by atoms with Crippen LogP contribution in [0.4, 0.5) is 13.2 Å². The molecule has 0 N–H and O–H groups in total. The van der Waals surface area contributed by atoms with Crippen LogP contribution in [-0.4, -0.2) is 23.1 Å². The molecule has 0 spiro atoms. The van der Waals surface area contributed by atoms with E-state index >= 15 is 0 Å². The van der Waals surface area contributed by atoms with Gasteiger partial charge in [0.1, 0.15) is 5.58 Å². The third-order valence-corrected chi connectivity index (χ3v) is 6.16. The van der Waals surface area contributed by atoms with Gasteiger partial charge >= 0.3 is 6.18 Å². The van der Waals surface area contributed by atoms with Crippen LogP contribution in [0.5, 0.6) is 0 Å². The summed E-state index contributed by atoms with van der Waals surface area (Å²) in [6, 6.07) is 8.15. The van der Waals surface area contributed by atoms with Crippen molar-refractivity contribution in [2.45, 2.75) is 32.9 Å². The number of halogens is 3. The number of benzene rings is 1. The van der Waals surface area contributed by atoms with E-state index in [0.29, 0.717) is 11.3 Å². The molecular formula is C26H23F3N2O. The van der Waals surface area contributed by atoms with E-state index in [4.69, 9.17) is 4.42 Å². The molecule has 3 nitrogen and oxygen atoms in total. The van der Waals surface area contributed by atoms with Gasteiger partial charge in [0.25, 0.3) is 0 Å². The molecular weight excluding hydrogens is 413 g/mol. The number of hydrogen-bond acceptors (Lipinski definition) is 3. The largest absolute Gasteiger partial charge is 0.437 e. The molecule has 0 saturated heterocycles.